The van der Waals surface area contributed by atoms with Gasteiger partial charge in [0.25, 0.3) is 0 Å². The van der Waals surface area contributed by atoms with E-state index in [1.54, 1.807) is 12.3 Å². The summed E-state index contributed by atoms with van der Waals surface area (Å²) in [5, 5.41) is 0. The standard InChI is InChI=1S/C8H9N3O/c1-11-5-4-9-8-6(11)2-3-7(12)10-8/h2-4H,5H2,1H3,(H,10,12). The molecule has 0 unspecified atom stereocenters. The van der Waals surface area contributed by atoms with Crippen LogP contribution in [0, 0.1) is 0 Å². The van der Waals surface area contributed by atoms with Crippen LogP contribution in [-0.4, -0.2) is 24.8 Å². The van der Waals surface area contributed by atoms with Crippen molar-refractivity contribution in [1.82, 2.24) is 4.98 Å². The molecular weight excluding hydrogens is 154 g/mol. The first-order valence-electron chi connectivity index (χ1n) is 3.74. The van der Waals surface area contributed by atoms with E-state index in [0.717, 1.165) is 12.2 Å². The highest BCUT2D eigenvalue weighted by Crippen LogP contribution is 2.24. The predicted octanol–water partition coefficient (Wildman–Crippen LogP) is 0.527. The highest BCUT2D eigenvalue weighted by molar-refractivity contribution is 5.78. The zero-order valence-corrected chi connectivity index (χ0v) is 6.74. The smallest absolute Gasteiger partial charge is 0.249 e. The van der Waals surface area contributed by atoms with Crippen molar-refractivity contribution in [2.75, 3.05) is 18.5 Å². The third-order valence-electron chi connectivity index (χ3n) is 1.86. The number of rotatable bonds is 0. The maximum Gasteiger partial charge on any atom is 0.249 e. The van der Waals surface area contributed by atoms with Crippen molar-refractivity contribution in [3.63, 3.8) is 0 Å². The summed E-state index contributed by atoms with van der Waals surface area (Å²) in [5.74, 6) is 0.649. The molecule has 4 nitrogen and oxygen atoms in total. The van der Waals surface area contributed by atoms with Crippen molar-refractivity contribution in [2.24, 2.45) is 4.99 Å². The lowest BCUT2D eigenvalue weighted by Crippen LogP contribution is -2.23. The predicted molar refractivity (Wildman–Crippen MR) is 48.5 cm³/mol. The van der Waals surface area contributed by atoms with E-state index in [2.05, 4.69) is 9.98 Å². The summed E-state index contributed by atoms with van der Waals surface area (Å²) in [6, 6.07) is 3.29. The Morgan fingerprint density at radius 1 is 1.58 bits per heavy atom. The van der Waals surface area contributed by atoms with E-state index in [0.29, 0.717) is 5.82 Å². The summed E-state index contributed by atoms with van der Waals surface area (Å²) in [5.41, 5.74) is 0.860. The first-order chi connectivity index (χ1) is 5.77. The van der Waals surface area contributed by atoms with E-state index in [4.69, 9.17) is 0 Å². The molecule has 0 aliphatic carbocycles. The van der Waals surface area contributed by atoms with Crippen LogP contribution in [0.1, 0.15) is 0 Å². The summed E-state index contributed by atoms with van der Waals surface area (Å²) in [7, 11) is 1.96. The molecule has 0 saturated carbocycles. The molecule has 0 saturated heterocycles. The number of pyridine rings is 1. The topological polar surface area (TPSA) is 48.5 Å². The Morgan fingerprint density at radius 3 is 3.25 bits per heavy atom. The summed E-state index contributed by atoms with van der Waals surface area (Å²) in [6.07, 6.45) is 1.78. The van der Waals surface area contributed by atoms with Crippen molar-refractivity contribution < 1.29 is 0 Å². The largest absolute Gasteiger partial charge is 0.366 e. The van der Waals surface area contributed by atoms with Gasteiger partial charge >= 0.3 is 0 Å². The molecule has 0 spiro atoms. The zero-order valence-electron chi connectivity index (χ0n) is 6.74. The molecular formula is C8H9N3O. The zero-order chi connectivity index (χ0) is 8.55. The van der Waals surface area contributed by atoms with Crippen LogP contribution in [0.15, 0.2) is 21.9 Å². The van der Waals surface area contributed by atoms with Crippen LogP contribution in [0.3, 0.4) is 0 Å². The van der Waals surface area contributed by atoms with Gasteiger partial charge in [0.15, 0.2) is 5.82 Å². The lowest BCUT2D eigenvalue weighted by Gasteiger charge is -2.21. The van der Waals surface area contributed by atoms with Gasteiger partial charge in [-0.05, 0) is 6.07 Å². The van der Waals surface area contributed by atoms with Crippen LogP contribution in [0.25, 0.3) is 0 Å². The van der Waals surface area contributed by atoms with Crippen molar-refractivity contribution in [1.29, 1.82) is 0 Å². The van der Waals surface area contributed by atoms with E-state index in [-0.39, 0.29) is 5.56 Å². The maximum absolute atomic E-state index is 10.9. The SMILES string of the molecule is CN1CC=Nc2[nH]c(=O)ccc21. The normalized spacial score (nSPS) is 14.6. The van der Waals surface area contributed by atoms with Crippen molar-refractivity contribution in [3.8, 4) is 0 Å². The molecule has 2 rings (SSSR count). The van der Waals surface area contributed by atoms with E-state index < -0.39 is 0 Å². The first kappa shape index (κ1) is 7.09. The lowest BCUT2D eigenvalue weighted by molar-refractivity contribution is 1.02. The molecule has 0 amide bonds. The second kappa shape index (κ2) is 2.48. The van der Waals surface area contributed by atoms with Crippen LogP contribution in [0.5, 0.6) is 0 Å². The number of aromatic nitrogens is 1. The van der Waals surface area contributed by atoms with Crippen LogP contribution < -0.4 is 10.5 Å². The Hall–Kier alpha value is -1.58. The minimum Gasteiger partial charge on any atom is -0.366 e. The molecule has 0 aromatic carbocycles. The van der Waals surface area contributed by atoms with Crippen LogP contribution >= 0.6 is 0 Å². The Balaban J connectivity index is 2.62. The summed E-state index contributed by atoms with van der Waals surface area (Å²) < 4.78 is 0. The molecule has 1 aliphatic heterocycles. The number of H-pyrrole nitrogens is 1. The van der Waals surface area contributed by atoms with Gasteiger partial charge in [-0.25, -0.2) is 4.99 Å². The first-order valence-corrected chi connectivity index (χ1v) is 3.74. The fourth-order valence-corrected chi connectivity index (χ4v) is 1.22. The average Bonchev–Trinajstić information content (AvgIpc) is 2.04. The molecule has 1 aromatic heterocycles. The number of aromatic amines is 1. The summed E-state index contributed by atoms with van der Waals surface area (Å²) in [6.45, 7) is 0.791. The molecule has 0 atom stereocenters. The van der Waals surface area contributed by atoms with Gasteiger partial charge in [-0.15, -0.1) is 0 Å². The number of aliphatic imine (C=N–C) groups is 1. The molecule has 62 valence electrons. The summed E-state index contributed by atoms with van der Waals surface area (Å²) >= 11 is 0. The highest BCUT2D eigenvalue weighted by atomic mass is 16.1. The number of nitrogens with zero attached hydrogens (tertiary/aromatic N) is 2. The van der Waals surface area contributed by atoms with Gasteiger partial charge < -0.3 is 9.88 Å². The van der Waals surface area contributed by atoms with E-state index in [1.165, 1.54) is 6.07 Å². The highest BCUT2D eigenvalue weighted by Gasteiger charge is 2.09. The molecule has 1 N–H and O–H groups in total. The Kier molecular flexibility index (Phi) is 1.46. The van der Waals surface area contributed by atoms with E-state index in [9.17, 15) is 4.79 Å². The third-order valence-corrected chi connectivity index (χ3v) is 1.86. The Labute approximate surface area is 69.6 Å². The lowest BCUT2D eigenvalue weighted by atomic mass is 10.3. The minimum absolute atomic E-state index is 0.110. The van der Waals surface area contributed by atoms with Gasteiger partial charge in [0.2, 0.25) is 5.56 Å². The molecule has 1 aromatic rings. The van der Waals surface area contributed by atoms with Gasteiger partial charge in [-0.1, -0.05) is 0 Å². The van der Waals surface area contributed by atoms with Gasteiger partial charge in [-0.2, -0.15) is 0 Å². The molecule has 0 radical (unpaired) electrons. The second-order valence-electron chi connectivity index (χ2n) is 2.75. The fraction of sp³-hybridized carbons (Fsp3) is 0.250. The van der Waals surface area contributed by atoms with Gasteiger partial charge in [-0.3, -0.25) is 4.79 Å². The van der Waals surface area contributed by atoms with Crippen molar-refractivity contribution >= 4 is 17.7 Å². The minimum atomic E-state index is -0.110. The fourth-order valence-electron chi connectivity index (χ4n) is 1.22. The Bertz CT molecular complexity index is 380. The van der Waals surface area contributed by atoms with Gasteiger partial charge in [0, 0.05) is 19.3 Å². The van der Waals surface area contributed by atoms with Crippen LogP contribution in [0.4, 0.5) is 11.5 Å². The number of anilines is 1. The van der Waals surface area contributed by atoms with Crippen molar-refractivity contribution in [2.45, 2.75) is 0 Å². The average molecular weight is 163 g/mol. The second-order valence-corrected chi connectivity index (χ2v) is 2.75. The quantitative estimate of drug-likeness (QED) is 0.606. The molecule has 0 fully saturated rings. The maximum atomic E-state index is 10.9. The van der Waals surface area contributed by atoms with Crippen LogP contribution in [0.2, 0.25) is 0 Å². The number of fused-ring (bicyclic) bond motifs is 1. The van der Waals surface area contributed by atoms with E-state index in [1.807, 2.05) is 11.9 Å². The summed E-state index contributed by atoms with van der Waals surface area (Å²) in [4.78, 5) is 19.7. The third kappa shape index (κ3) is 1.01. The molecule has 2 heterocycles. The van der Waals surface area contributed by atoms with Gasteiger partial charge in [0.05, 0.1) is 12.2 Å². The molecule has 1 aliphatic rings. The molecule has 12 heavy (non-hydrogen) atoms. The van der Waals surface area contributed by atoms with E-state index >= 15 is 0 Å². The number of hydrogen-bond acceptors (Lipinski definition) is 3. The molecule has 4 heteroatoms. The van der Waals surface area contributed by atoms with Gasteiger partial charge in [0.1, 0.15) is 0 Å². The van der Waals surface area contributed by atoms with Crippen LogP contribution in [-0.2, 0) is 0 Å². The molecule has 0 bridgehead atoms. The monoisotopic (exact) mass is 163 g/mol. The number of nitrogens with one attached hydrogen (secondary N) is 1. The van der Waals surface area contributed by atoms with Crippen molar-refractivity contribution in [3.05, 3.63) is 22.5 Å². The Morgan fingerprint density at radius 2 is 2.42 bits per heavy atom. The number of hydrogen-bond donors (Lipinski definition) is 1.